The molecular formula is C10H16BrClN2O3. The number of nitrogens with one attached hydrogen (secondary N) is 2. The van der Waals surface area contributed by atoms with Gasteiger partial charge in [0.15, 0.2) is 4.67 Å². The van der Waals surface area contributed by atoms with Gasteiger partial charge in [-0.2, -0.15) is 0 Å². The van der Waals surface area contributed by atoms with E-state index in [0.29, 0.717) is 29.9 Å². The fraction of sp³-hybridized carbons (Fsp3) is 0.500. The summed E-state index contributed by atoms with van der Waals surface area (Å²) >= 11 is 3.14. The summed E-state index contributed by atoms with van der Waals surface area (Å²) in [5, 5.41) is 5.89. The second-order valence-electron chi connectivity index (χ2n) is 3.14. The first kappa shape index (κ1) is 16.4. The lowest BCUT2D eigenvalue weighted by atomic mass is 10.3. The van der Waals surface area contributed by atoms with Crippen LogP contribution in [0.25, 0.3) is 0 Å². The summed E-state index contributed by atoms with van der Waals surface area (Å²) in [4.78, 5) is 11.5. The molecular weight excluding hydrogens is 311 g/mol. The predicted octanol–water partition coefficient (Wildman–Crippen LogP) is 1.43. The first-order chi connectivity index (χ1) is 7.74. The third kappa shape index (κ3) is 6.68. The lowest BCUT2D eigenvalue weighted by Gasteiger charge is -2.05. The van der Waals surface area contributed by atoms with Crippen LogP contribution in [-0.4, -0.2) is 39.3 Å². The third-order valence-electron chi connectivity index (χ3n) is 1.90. The highest BCUT2D eigenvalue weighted by atomic mass is 79.9. The van der Waals surface area contributed by atoms with Gasteiger partial charge in [0.25, 0.3) is 5.91 Å². The van der Waals surface area contributed by atoms with Crippen LogP contribution in [0.15, 0.2) is 21.4 Å². The average Bonchev–Trinajstić information content (AvgIpc) is 2.70. The number of furan rings is 1. The van der Waals surface area contributed by atoms with Gasteiger partial charge in [-0.25, -0.2) is 0 Å². The van der Waals surface area contributed by atoms with Gasteiger partial charge in [-0.1, -0.05) is 0 Å². The third-order valence-corrected chi connectivity index (χ3v) is 2.32. The smallest absolute Gasteiger partial charge is 0.254 e. The van der Waals surface area contributed by atoms with Gasteiger partial charge in [0, 0.05) is 32.8 Å². The van der Waals surface area contributed by atoms with E-state index in [1.807, 2.05) is 0 Å². The van der Waals surface area contributed by atoms with Crippen LogP contribution in [0.2, 0.25) is 0 Å². The SMILES string of the molecule is COCCNCCNC(=O)c1coc(Br)c1.Cl. The molecule has 1 rings (SSSR count). The number of ether oxygens (including phenoxy) is 1. The van der Waals surface area contributed by atoms with E-state index in [0.717, 1.165) is 6.54 Å². The monoisotopic (exact) mass is 326 g/mol. The number of carbonyl (C=O) groups excluding carboxylic acids is 1. The molecule has 1 amide bonds. The summed E-state index contributed by atoms with van der Waals surface area (Å²) in [6.45, 7) is 2.74. The molecule has 2 N–H and O–H groups in total. The van der Waals surface area contributed by atoms with Crippen molar-refractivity contribution in [3.05, 3.63) is 22.6 Å². The van der Waals surface area contributed by atoms with E-state index in [1.54, 1.807) is 13.2 Å². The number of hydrogen-bond acceptors (Lipinski definition) is 4. The fourth-order valence-electron chi connectivity index (χ4n) is 1.09. The summed E-state index contributed by atoms with van der Waals surface area (Å²) in [5.74, 6) is -0.136. The van der Waals surface area contributed by atoms with Crippen LogP contribution in [0, 0.1) is 0 Å². The molecule has 0 spiro atoms. The summed E-state index contributed by atoms with van der Waals surface area (Å²) in [7, 11) is 1.65. The molecule has 17 heavy (non-hydrogen) atoms. The first-order valence-electron chi connectivity index (χ1n) is 4.96. The predicted molar refractivity (Wildman–Crippen MR) is 70.7 cm³/mol. The molecule has 0 aliphatic rings. The number of hydrogen-bond donors (Lipinski definition) is 2. The van der Waals surface area contributed by atoms with Crippen LogP contribution >= 0.6 is 28.3 Å². The standard InChI is InChI=1S/C10H15BrN2O3.ClH/c1-15-5-4-12-2-3-13-10(14)8-6-9(11)16-7-8;/h6-7,12H,2-5H2,1H3,(H,13,14);1H. The van der Waals surface area contributed by atoms with Crippen LogP contribution in [0.3, 0.4) is 0 Å². The van der Waals surface area contributed by atoms with Gasteiger partial charge >= 0.3 is 0 Å². The zero-order chi connectivity index (χ0) is 11.8. The fourth-order valence-corrected chi connectivity index (χ4v) is 1.43. The Kier molecular flexibility index (Phi) is 9.16. The zero-order valence-electron chi connectivity index (χ0n) is 9.49. The van der Waals surface area contributed by atoms with E-state index in [4.69, 9.17) is 9.15 Å². The minimum Gasteiger partial charge on any atom is -0.457 e. The second-order valence-corrected chi connectivity index (χ2v) is 3.92. The molecule has 0 radical (unpaired) electrons. The molecule has 98 valence electrons. The molecule has 1 aromatic rings. The Morgan fingerprint density at radius 3 is 2.82 bits per heavy atom. The Balaban J connectivity index is 0.00000256. The summed E-state index contributed by atoms with van der Waals surface area (Å²) in [6, 6.07) is 1.63. The van der Waals surface area contributed by atoms with Crippen LogP contribution < -0.4 is 10.6 Å². The van der Waals surface area contributed by atoms with Gasteiger partial charge in [0.05, 0.1) is 12.2 Å². The number of rotatable bonds is 7. The van der Waals surface area contributed by atoms with Crippen LogP contribution in [0.1, 0.15) is 10.4 Å². The molecule has 0 aliphatic carbocycles. The van der Waals surface area contributed by atoms with Crippen molar-refractivity contribution in [2.24, 2.45) is 0 Å². The lowest BCUT2D eigenvalue weighted by molar-refractivity contribution is 0.0953. The van der Waals surface area contributed by atoms with Crippen molar-refractivity contribution in [3.63, 3.8) is 0 Å². The summed E-state index contributed by atoms with van der Waals surface area (Å²) < 4.78 is 10.4. The van der Waals surface area contributed by atoms with Crippen molar-refractivity contribution >= 4 is 34.2 Å². The van der Waals surface area contributed by atoms with Gasteiger partial charge in [-0.3, -0.25) is 4.79 Å². The Labute approximate surface area is 115 Å². The Morgan fingerprint density at radius 2 is 2.24 bits per heavy atom. The highest BCUT2D eigenvalue weighted by Gasteiger charge is 2.07. The van der Waals surface area contributed by atoms with Gasteiger partial charge in [-0.05, 0) is 15.9 Å². The van der Waals surface area contributed by atoms with Crippen molar-refractivity contribution in [1.29, 1.82) is 0 Å². The summed E-state index contributed by atoms with van der Waals surface area (Å²) in [5.41, 5.74) is 0.517. The largest absolute Gasteiger partial charge is 0.457 e. The maximum atomic E-state index is 11.5. The molecule has 1 aromatic heterocycles. The molecule has 1 heterocycles. The molecule has 7 heteroatoms. The molecule has 0 unspecified atom stereocenters. The second kappa shape index (κ2) is 9.47. The van der Waals surface area contributed by atoms with E-state index in [2.05, 4.69) is 26.6 Å². The summed E-state index contributed by atoms with van der Waals surface area (Å²) in [6.07, 6.45) is 1.41. The molecule has 0 aliphatic heterocycles. The normalized spacial score (nSPS) is 9.76. The zero-order valence-corrected chi connectivity index (χ0v) is 11.9. The van der Waals surface area contributed by atoms with E-state index in [9.17, 15) is 4.79 Å². The van der Waals surface area contributed by atoms with Crippen molar-refractivity contribution < 1.29 is 13.9 Å². The molecule has 0 saturated heterocycles. The number of amides is 1. The van der Waals surface area contributed by atoms with Gasteiger partial charge in [0.2, 0.25) is 0 Å². The van der Waals surface area contributed by atoms with E-state index >= 15 is 0 Å². The maximum Gasteiger partial charge on any atom is 0.254 e. The van der Waals surface area contributed by atoms with Gasteiger partial charge < -0.3 is 19.8 Å². The minimum absolute atomic E-state index is 0. The minimum atomic E-state index is -0.136. The van der Waals surface area contributed by atoms with Gasteiger partial charge in [-0.15, -0.1) is 12.4 Å². The number of halogens is 2. The molecule has 0 atom stereocenters. The maximum absolute atomic E-state index is 11.5. The van der Waals surface area contributed by atoms with Crippen LogP contribution in [0.4, 0.5) is 0 Å². The highest BCUT2D eigenvalue weighted by molar-refractivity contribution is 9.10. The molecule has 0 saturated carbocycles. The van der Waals surface area contributed by atoms with Crippen molar-refractivity contribution in [2.45, 2.75) is 0 Å². The first-order valence-corrected chi connectivity index (χ1v) is 5.75. The average molecular weight is 328 g/mol. The molecule has 0 aromatic carbocycles. The quantitative estimate of drug-likeness (QED) is 0.744. The van der Waals surface area contributed by atoms with E-state index in [1.165, 1.54) is 6.26 Å². The Morgan fingerprint density at radius 1 is 1.47 bits per heavy atom. The van der Waals surface area contributed by atoms with E-state index < -0.39 is 0 Å². The van der Waals surface area contributed by atoms with Crippen LogP contribution in [0.5, 0.6) is 0 Å². The highest BCUT2D eigenvalue weighted by Crippen LogP contribution is 2.13. The van der Waals surface area contributed by atoms with E-state index in [-0.39, 0.29) is 18.3 Å². The van der Waals surface area contributed by atoms with Gasteiger partial charge in [0.1, 0.15) is 6.26 Å². The molecule has 0 bridgehead atoms. The van der Waals surface area contributed by atoms with Crippen molar-refractivity contribution in [1.82, 2.24) is 10.6 Å². The Hall–Kier alpha value is -0.560. The number of methoxy groups -OCH3 is 1. The Bertz CT molecular complexity index is 333. The van der Waals surface area contributed by atoms with Crippen molar-refractivity contribution in [3.8, 4) is 0 Å². The molecule has 5 nitrogen and oxygen atoms in total. The molecule has 0 fully saturated rings. The van der Waals surface area contributed by atoms with Crippen LogP contribution in [-0.2, 0) is 4.74 Å². The van der Waals surface area contributed by atoms with Crippen molar-refractivity contribution in [2.75, 3.05) is 33.4 Å². The topological polar surface area (TPSA) is 63.5 Å². The lowest BCUT2D eigenvalue weighted by Crippen LogP contribution is -2.32. The number of carbonyl (C=O) groups is 1.